The Morgan fingerprint density at radius 3 is 2.50 bits per heavy atom. The molecule has 0 N–H and O–H groups in total. The van der Waals surface area contributed by atoms with Crippen molar-refractivity contribution in [3.8, 4) is 5.75 Å². The average Bonchev–Trinajstić information content (AvgIpc) is 3.18. The Hall–Kier alpha value is -2.73. The highest BCUT2D eigenvalue weighted by Crippen LogP contribution is 2.22. The third kappa shape index (κ3) is 3.78. The molecule has 0 aliphatic carbocycles. The summed E-state index contributed by atoms with van der Waals surface area (Å²) < 4.78 is 8.98. The van der Waals surface area contributed by atoms with Crippen molar-refractivity contribution in [2.45, 2.75) is 6.42 Å². The molecule has 0 spiro atoms. The maximum atomic E-state index is 12.8. The number of hydrogen-bond acceptors (Lipinski definition) is 5. The largest absolute Gasteiger partial charge is 0.497 e. The maximum absolute atomic E-state index is 12.8. The molecule has 0 fully saturated rings. The molecular formula is C18H17N3O2S. The van der Waals surface area contributed by atoms with Crippen molar-refractivity contribution in [2.75, 3.05) is 18.6 Å². The van der Waals surface area contributed by atoms with E-state index in [2.05, 4.69) is 21.7 Å². The molecule has 0 saturated carbocycles. The van der Waals surface area contributed by atoms with Crippen LogP contribution in [0, 0.1) is 0 Å². The van der Waals surface area contributed by atoms with Crippen LogP contribution in [0.2, 0.25) is 0 Å². The molecule has 0 aliphatic rings. The first-order valence-corrected chi connectivity index (χ1v) is 8.32. The number of carbonyl (C=O) groups excluding carboxylic acids is 1. The van der Waals surface area contributed by atoms with Crippen LogP contribution < -0.4 is 9.64 Å². The molecule has 0 aliphatic heterocycles. The van der Waals surface area contributed by atoms with E-state index in [1.54, 1.807) is 12.0 Å². The van der Waals surface area contributed by atoms with Crippen LogP contribution in [0.15, 0.2) is 60.8 Å². The summed E-state index contributed by atoms with van der Waals surface area (Å²) in [4.78, 5) is 15.1. The second kappa shape index (κ2) is 7.70. The van der Waals surface area contributed by atoms with Gasteiger partial charge in [-0.25, -0.2) is 0 Å². The lowest BCUT2D eigenvalue weighted by Crippen LogP contribution is -2.32. The summed E-state index contributed by atoms with van der Waals surface area (Å²) in [5.41, 5.74) is 2.01. The predicted molar refractivity (Wildman–Crippen MR) is 94.7 cm³/mol. The van der Waals surface area contributed by atoms with E-state index >= 15 is 0 Å². The Morgan fingerprint density at radius 1 is 1.12 bits per heavy atom. The Labute approximate surface area is 144 Å². The molecule has 0 radical (unpaired) electrons. The fourth-order valence-corrected chi connectivity index (χ4v) is 2.85. The number of hydrogen-bond donors (Lipinski definition) is 0. The van der Waals surface area contributed by atoms with Gasteiger partial charge in [0.15, 0.2) is 0 Å². The van der Waals surface area contributed by atoms with Gasteiger partial charge in [0.25, 0.3) is 5.91 Å². The number of aromatic nitrogens is 2. The smallest absolute Gasteiger partial charge is 0.271 e. The van der Waals surface area contributed by atoms with Crippen molar-refractivity contribution in [2.24, 2.45) is 0 Å². The highest BCUT2D eigenvalue weighted by molar-refractivity contribution is 7.07. The fourth-order valence-electron chi connectivity index (χ4n) is 2.39. The zero-order valence-electron chi connectivity index (χ0n) is 13.3. The monoisotopic (exact) mass is 339 g/mol. The molecule has 0 bridgehead atoms. The summed E-state index contributed by atoms with van der Waals surface area (Å²) in [6.45, 7) is 0.576. The molecule has 0 saturated heterocycles. The molecule has 0 atom stereocenters. The minimum atomic E-state index is -0.0916. The number of carbonyl (C=O) groups is 1. The van der Waals surface area contributed by atoms with E-state index in [1.165, 1.54) is 11.8 Å². The van der Waals surface area contributed by atoms with Crippen LogP contribution in [0.4, 0.5) is 5.69 Å². The van der Waals surface area contributed by atoms with E-state index in [9.17, 15) is 4.79 Å². The lowest BCUT2D eigenvalue weighted by molar-refractivity contribution is 0.0991. The van der Waals surface area contributed by atoms with E-state index in [0.717, 1.165) is 29.4 Å². The molecule has 6 heteroatoms. The number of amides is 1. The average molecular weight is 339 g/mol. The third-order valence-corrected chi connectivity index (χ3v) is 4.32. The third-order valence-electron chi connectivity index (χ3n) is 3.67. The Balaban J connectivity index is 1.83. The number of methoxy groups -OCH3 is 1. The number of anilines is 1. The topological polar surface area (TPSA) is 55.3 Å². The van der Waals surface area contributed by atoms with Crippen LogP contribution in [0.25, 0.3) is 0 Å². The molecular weight excluding hydrogens is 322 g/mol. The van der Waals surface area contributed by atoms with Crippen LogP contribution in [-0.2, 0) is 6.42 Å². The van der Waals surface area contributed by atoms with Gasteiger partial charge in [-0.15, -0.1) is 5.10 Å². The maximum Gasteiger partial charge on any atom is 0.271 e. The Bertz CT molecular complexity index is 774. The van der Waals surface area contributed by atoms with Gasteiger partial charge in [-0.3, -0.25) is 4.79 Å². The van der Waals surface area contributed by atoms with Gasteiger partial charge in [0.2, 0.25) is 0 Å². The molecule has 1 heterocycles. The first-order chi connectivity index (χ1) is 11.8. The van der Waals surface area contributed by atoms with Crippen molar-refractivity contribution in [3.63, 3.8) is 0 Å². The number of ether oxygens (including phenoxy) is 1. The summed E-state index contributed by atoms with van der Waals surface area (Å²) in [6, 6.07) is 17.6. The predicted octanol–water partition coefficient (Wildman–Crippen LogP) is 3.44. The van der Waals surface area contributed by atoms with Gasteiger partial charge >= 0.3 is 0 Å². The van der Waals surface area contributed by atoms with Crippen LogP contribution in [0.5, 0.6) is 5.75 Å². The number of nitrogens with zero attached hydrogens (tertiary/aromatic N) is 3. The molecule has 3 aromatic rings. The van der Waals surface area contributed by atoms with Gasteiger partial charge in [0, 0.05) is 12.2 Å². The van der Waals surface area contributed by atoms with Crippen molar-refractivity contribution in [1.82, 2.24) is 9.59 Å². The minimum absolute atomic E-state index is 0.0916. The summed E-state index contributed by atoms with van der Waals surface area (Å²) in [5, 5.41) is 3.77. The van der Waals surface area contributed by atoms with Crippen molar-refractivity contribution >= 4 is 23.1 Å². The summed E-state index contributed by atoms with van der Waals surface area (Å²) in [5.74, 6) is 0.666. The van der Waals surface area contributed by atoms with E-state index in [4.69, 9.17) is 4.74 Å². The zero-order chi connectivity index (χ0) is 16.8. The van der Waals surface area contributed by atoms with E-state index in [-0.39, 0.29) is 5.91 Å². The lowest BCUT2D eigenvalue weighted by Gasteiger charge is -2.22. The Morgan fingerprint density at radius 2 is 1.88 bits per heavy atom. The van der Waals surface area contributed by atoms with E-state index < -0.39 is 0 Å². The SMILES string of the molecule is COc1ccc(N(CCc2ccccc2)C(=O)c2cnns2)cc1. The highest BCUT2D eigenvalue weighted by atomic mass is 32.1. The van der Waals surface area contributed by atoms with E-state index in [1.807, 2.05) is 42.5 Å². The van der Waals surface area contributed by atoms with Crippen LogP contribution in [-0.4, -0.2) is 29.1 Å². The summed E-state index contributed by atoms with van der Waals surface area (Å²) in [7, 11) is 1.62. The van der Waals surface area contributed by atoms with Gasteiger partial charge in [0.1, 0.15) is 10.6 Å². The molecule has 24 heavy (non-hydrogen) atoms. The quantitative estimate of drug-likeness (QED) is 0.690. The van der Waals surface area contributed by atoms with Crippen molar-refractivity contribution in [3.05, 3.63) is 71.2 Å². The van der Waals surface area contributed by atoms with Crippen molar-refractivity contribution < 1.29 is 9.53 Å². The van der Waals surface area contributed by atoms with Gasteiger partial charge in [-0.05, 0) is 47.8 Å². The van der Waals surface area contributed by atoms with Gasteiger partial charge in [-0.1, -0.05) is 34.8 Å². The molecule has 2 aromatic carbocycles. The lowest BCUT2D eigenvalue weighted by atomic mass is 10.1. The zero-order valence-corrected chi connectivity index (χ0v) is 14.1. The van der Waals surface area contributed by atoms with Crippen LogP contribution >= 0.6 is 11.5 Å². The van der Waals surface area contributed by atoms with E-state index in [0.29, 0.717) is 11.4 Å². The molecule has 122 valence electrons. The number of rotatable bonds is 6. The van der Waals surface area contributed by atoms with Gasteiger partial charge in [-0.2, -0.15) is 0 Å². The summed E-state index contributed by atoms with van der Waals surface area (Å²) in [6.07, 6.45) is 2.27. The fraction of sp³-hybridized carbons (Fsp3) is 0.167. The van der Waals surface area contributed by atoms with Crippen LogP contribution in [0.3, 0.4) is 0 Å². The normalized spacial score (nSPS) is 10.4. The molecule has 1 aromatic heterocycles. The minimum Gasteiger partial charge on any atom is -0.497 e. The molecule has 1 amide bonds. The van der Waals surface area contributed by atoms with Crippen molar-refractivity contribution in [1.29, 1.82) is 0 Å². The van der Waals surface area contributed by atoms with Crippen LogP contribution in [0.1, 0.15) is 15.2 Å². The second-order valence-electron chi connectivity index (χ2n) is 5.17. The van der Waals surface area contributed by atoms with Gasteiger partial charge < -0.3 is 9.64 Å². The number of benzene rings is 2. The Kier molecular flexibility index (Phi) is 5.18. The van der Waals surface area contributed by atoms with Gasteiger partial charge in [0.05, 0.1) is 13.3 Å². The first kappa shape index (κ1) is 16.1. The summed E-state index contributed by atoms with van der Waals surface area (Å²) >= 11 is 1.11. The first-order valence-electron chi connectivity index (χ1n) is 7.55. The molecule has 0 unspecified atom stereocenters. The second-order valence-corrected chi connectivity index (χ2v) is 5.96. The standard InChI is InChI=1S/C18H17N3O2S/c1-23-16-9-7-15(8-10-16)21(18(22)17-13-19-20-24-17)12-11-14-5-3-2-4-6-14/h2-10,13H,11-12H2,1H3. The molecule has 5 nitrogen and oxygen atoms in total. The highest BCUT2D eigenvalue weighted by Gasteiger charge is 2.19. The molecule has 3 rings (SSSR count).